The molecule has 0 aromatic heterocycles. The highest BCUT2D eigenvalue weighted by molar-refractivity contribution is 6.46. The average molecular weight is 488 g/mol. The van der Waals surface area contributed by atoms with Crippen molar-refractivity contribution >= 4 is 17.4 Å². The molecule has 7 heteroatoms. The Labute approximate surface area is 210 Å². The molecule has 1 fully saturated rings. The lowest BCUT2D eigenvalue weighted by Gasteiger charge is -2.25. The molecule has 3 aromatic carbocycles. The Balaban J connectivity index is 1.74. The predicted molar refractivity (Wildman–Crippen MR) is 136 cm³/mol. The minimum absolute atomic E-state index is 0.0277. The van der Waals surface area contributed by atoms with Gasteiger partial charge in [-0.2, -0.15) is 0 Å². The van der Waals surface area contributed by atoms with Crippen LogP contribution in [0, 0.1) is 6.92 Å². The number of carbonyl (C=O) groups is 2. The van der Waals surface area contributed by atoms with Crippen molar-refractivity contribution in [2.75, 3.05) is 27.4 Å². The number of likely N-dealkylation sites (tertiary alicyclic amines) is 1. The number of amides is 1. The zero-order chi connectivity index (χ0) is 25.7. The van der Waals surface area contributed by atoms with E-state index in [2.05, 4.69) is 0 Å². The van der Waals surface area contributed by atoms with Crippen LogP contribution in [0.1, 0.15) is 28.3 Å². The highest BCUT2D eigenvalue weighted by Crippen LogP contribution is 2.42. The Hall–Kier alpha value is -4.10. The van der Waals surface area contributed by atoms with Gasteiger partial charge in [0.15, 0.2) is 11.5 Å². The van der Waals surface area contributed by atoms with E-state index in [1.807, 2.05) is 49.4 Å². The molecule has 36 heavy (non-hydrogen) atoms. The van der Waals surface area contributed by atoms with Gasteiger partial charge in [-0.05, 0) is 30.2 Å². The molecule has 1 saturated heterocycles. The van der Waals surface area contributed by atoms with E-state index < -0.39 is 17.7 Å². The molecule has 1 atom stereocenters. The number of benzene rings is 3. The van der Waals surface area contributed by atoms with Gasteiger partial charge in [-0.1, -0.05) is 66.2 Å². The largest absolute Gasteiger partial charge is 0.507 e. The van der Waals surface area contributed by atoms with E-state index >= 15 is 0 Å². The van der Waals surface area contributed by atoms with Crippen LogP contribution < -0.4 is 9.47 Å². The van der Waals surface area contributed by atoms with E-state index in [0.717, 1.165) is 11.1 Å². The van der Waals surface area contributed by atoms with Crippen LogP contribution in [0.15, 0.2) is 78.4 Å². The second-order valence-electron chi connectivity index (χ2n) is 8.54. The molecular formula is C29H29NO6. The van der Waals surface area contributed by atoms with Gasteiger partial charge in [-0.15, -0.1) is 0 Å². The van der Waals surface area contributed by atoms with Crippen molar-refractivity contribution in [3.05, 3.63) is 101 Å². The van der Waals surface area contributed by atoms with Gasteiger partial charge in [0.1, 0.15) is 12.4 Å². The van der Waals surface area contributed by atoms with Crippen molar-refractivity contribution in [2.24, 2.45) is 0 Å². The number of ketones is 1. The Morgan fingerprint density at radius 1 is 0.944 bits per heavy atom. The molecule has 1 aliphatic rings. The minimum atomic E-state index is -0.807. The van der Waals surface area contributed by atoms with Gasteiger partial charge in [0.05, 0.1) is 25.3 Å². The summed E-state index contributed by atoms with van der Waals surface area (Å²) in [6.07, 6.45) is 0. The summed E-state index contributed by atoms with van der Waals surface area (Å²) in [4.78, 5) is 27.5. The summed E-state index contributed by atoms with van der Waals surface area (Å²) in [6.45, 7) is 2.71. The number of carbonyl (C=O) groups excluding carboxylic acids is 2. The first-order valence-corrected chi connectivity index (χ1v) is 11.6. The van der Waals surface area contributed by atoms with Crippen LogP contribution in [-0.2, 0) is 20.9 Å². The lowest BCUT2D eigenvalue weighted by Crippen LogP contribution is -2.32. The second kappa shape index (κ2) is 11.1. The van der Waals surface area contributed by atoms with E-state index in [1.165, 1.54) is 19.1 Å². The van der Waals surface area contributed by atoms with E-state index in [4.69, 9.17) is 14.2 Å². The Morgan fingerprint density at radius 2 is 1.67 bits per heavy atom. The molecule has 0 radical (unpaired) electrons. The van der Waals surface area contributed by atoms with Crippen molar-refractivity contribution in [2.45, 2.75) is 19.6 Å². The Kier molecular flexibility index (Phi) is 7.71. The molecule has 1 heterocycles. The van der Waals surface area contributed by atoms with Gasteiger partial charge in [0, 0.05) is 19.2 Å². The topological polar surface area (TPSA) is 85.3 Å². The number of rotatable bonds is 9. The summed E-state index contributed by atoms with van der Waals surface area (Å²) in [6, 6.07) is 21.3. The second-order valence-corrected chi connectivity index (χ2v) is 8.54. The minimum Gasteiger partial charge on any atom is -0.507 e. The number of methoxy groups -OCH3 is 2. The SMILES string of the molecule is COCCN1C(=O)C(=O)C(=C(O)c2ccc(C)cc2)[C@H]1c1ccc(OCc2ccccc2)c(OC)c1. The molecule has 1 aliphatic heterocycles. The lowest BCUT2D eigenvalue weighted by molar-refractivity contribution is -0.140. The summed E-state index contributed by atoms with van der Waals surface area (Å²) in [7, 11) is 3.06. The van der Waals surface area contributed by atoms with Gasteiger partial charge in [0.25, 0.3) is 11.7 Å². The van der Waals surface area contributed by atoms with Crippen LogP contribution in [-0.4, -0.2) is 49.1 Å². The number of hydrogen-bond acceptors (Lipinski definition) is 6. The third-order valence-electron chi connectivity index (χ3n) is 6.14. The van der Waals surface area contributed by atoms with E-state index in [0.29, 0.717) is 29.2 Å². The van der Waals surface area contributed by atoms with Gasteiger partial charge < -0.3 is 24.2 Å². The molecule has 0 unspecified atom stereocenters. The van der Waals surface area contributed by atoms with Gasteiger partial charge in [-0.25, -0.2) is 0 Å². The fourth-order valence-electron chi connectivity index (χ4n) is 4.22. The molecule has 0 aliphatic carbocycles. The smallest absolute Gasteiger partial charge is 0.295 e. The van der Waals surface area contributed by atoms with E-state index in [1.54, 1.807) is 30.3 Å². The first-order chi connectivity index (χ1) is 17.4. The maximum atomic E-state index is 13.1. The van der Waals surface area contributed by atoms with Crippen molar-refractivity contribution in [3.63, 3.8) is 0 Å². The third kappa shape index (κ3) is 5.11. The molecule has 0 saturated carbocycles. The molecule has 3 aromatic rings. The number of ether oxygens (including phenoxy) is 3. The van der Waals surface area contributed by atoms with Crippen molar-refractivity contribution < 1.29 is 28.9 Å². The molecule has 0 spiro atoms. The average Bonchev–Trinajstić information content (AvgIpc) is 3.16. The number of Topliss-reactive ketones (excluding diaryl/α,β-unsaturated/α-hetero) is 1. The van der Waals surface area contributed by atoms with Crippen LogP contribution in [0.4, 0.5) is 0 Å². The highest BCUT2D eigenvalue weighted by Gasteiger charge is 2.46. The summed E-state index contributed by atoms with van der Waals surface area (Å²) in [5, 5.41) is 11.2. The molecule has 186 valence electrons. The Bertz CT molecular complexity index is 1270. The van der Waals surface area contributed by atoms with Gasteiger partial charge >= 0.3 is 0 Å². The molecule has 0 bridgehead atoms. The van der Waals surface area contributed by atoms with Crippen LogP contribution in [0.25, 0.3) is 5.76 Å². The Morgan fingerprint density at radius 3 is 2.33 bits per heavy atom. The molecule has 7 nitrogen and oxygen atoms in total. The summed E-state index contributed by atoms with van der Waals surface area (Å²) in [5.41, 5.74) is 3.13. The van der Waals surface area contributed by atoms with Crippen molar-refractivity contribution in [3.8, 4) is 11.5 Å². The van der Waals surface area contributed by atoms with Crippen LogP contribution >= 0.6 is 0 Å². The maximum Gasteiger partial charge on any atom is 0.295 e. The standard InChI is InChI=1S/C29H29NO6/c1-19-9-11-21(12-10-19)27(31)25-26(30(15-16-34-2)29(33)28(25)32)22-13-14-23(24(17-22)35-3)36-18-20-7-5-4-6-8-20/h4-14,17,26,31H,15-16,18H2,1-3H3/t26-/m1/s1. The summed E-state index contributed by atoms with van der Waals surface area (Å²) >= 11 is 0. The van der Waals surface area contributed by atoms with E-state index in [-0.39, 0.29) is 24.5 Å². The lowest BCUT2D eigenvalue weighted by atomic mass is 9.94. The first kappa shape index (κ1) is 25.0. The molecular weight excluding hydrogens is 458 g/mol. The van der Waals surface area contributed by atoms with Crippen molar-refractivity contribution in [1.82, 2.24) is 4.90 Å². The maximum absolute atomic E-state index is 13.1. The highest BCUT2D eigenvalue weighted by atomic mass is 16.5. The zero-order valence-electron chi connectivity index (χ0n) is 20.6. The first-order valence-electron chi connectivity index (χ1n) is 11.6. The fraction of sp³-hybridized carbons (Fsp3) is 0.241. The van der Waals surface area contributed by atoms with Crippen LogP contribution in [0.5, 0.6) is 11.5 Å². The third-order valence-corrected chi connectivity index (χ3v) is 6.14. The summed E-state index contributed by atoms with van der Waals surface area (Å²) in [5.74, 6) is -0.665. The molecule has 1 amide bonds. The van der Waals surface area contributed by atoms with Gasteiger partial charge in [-0.3, -0.25) is 9.59 Å². The number of aryl methyl sites for hydroxylation is 1. The normalized spacial score (nSPS) is 16.9. The zero-order valence-corrected chi connectivity index (χ0v) is 20.6. The van der Waals surface area contributed by atoms with Gasteiger partial charge in [0.2, 0.25) is 0 Å². The predicted octanol–water partition coefficient (Wildman–Crippen LogP) is 4.65. The number of aliphatic hydroxyl groups excluding tert-OH is 1. The number of aliphatic hydroxyl groups is 1. The van der Waals surface area contributed by atoms with Crippen molar-refractivity contribution in [1.29, 1.82) is 0 Å². The summed E-state index contributed by atoms with van der Waals surface area (Å²) < 4.78 is 16.7. The number of nitrogens with zero attached hydrogens (tertiary/aromatic N) is 1. The fourth-order valence-corrected chi connectivity index (χ4v) is 4.22. The monoisotopic (exact) mass is 487 g/mol. The quantitative estimate of drug-likeness (QED) is 0.269. The van der Waals surface area contributed by atoms with E-state index in [9.17, 15) is 14.7 Å². The van der Waals surface area contributed by atoms with Crippen LogP contribution in [0.3, 0.4) is 0 Å². The molecule has 4 rings (SSSR count). The molecule has 1 N–H and O–H groups in total. The number of hydrogen-bond donors (Lipinski definition) is 1. The van der Waals surface area contributed by atoms with Crippen LogP contribution in [0.2, 0.25) is 0 Å².